The van der Waals surface area contributed by atoms with Gasteiger partial charge in [0.15, 0.2) is 17.3 Å². The molecule has 0 saturated carbocycles. The number of ketones is 1. The summed E-state index contributed by atoms with van der Waals surface area (Å²) in [6.07, 6.45) is 1.25. The van der Waals surface area contributed by atoms with Crippen LogP contribution in [0.2, 0.25) is 0 Å². The number of esters is 2. The summed E-state index contributed by atoms with van der Waals surface area (Å²) in [4.78, 5) is 51.3. The minimum absolute atomic E-state index is 0.0705. The van der Waals surface area contributed by atoms with Crippen LogP contribution in [0.1, 0.15) is 33.2 Å². The van der Waals surface area contributed by atoms with Crippen molar-refractivity contribution in [1.82, 2.24) is 4.90 Å². The van der Waals surface area contributed by atoms with Gasteiger partial charge in [-0.25, -0.2) is 9.59 Å². The van der Waals surface area contributed by atoms with Gasteiger partial charge in [0.2, 0.25) is 5.91 Å². The van der Waals surface area contributed by atoms with Crippen LogP contribution >= 0.6 is 11.8 Å². The average Bonchev–Trinajstić information content (AvgIpc) is 3.22. The molecule has 2 aromatic rings. The molecule has 35 heavy (non-hydrogen) atoms. The molecular weight excluding hydrogens is 474 g/mol. The van der Waals surface area contributed by atoms with Crippen LogP contribution < -0.4 is 9.47 Å². The van der Waals surface area contributed by atoms with E-state index in [1.54, 1.807) is 43.3 Å². The number of rotatable bonds is 8. The van der Waals surface area contributed by atoms with E-state index in [1.165, 1.54) is 28.8 Å². The van der Waals surface area contributed by atoms with Crippen LogP contribution in [0.4, 0.5) is 0 Å². The van der Waals surface area contributed by atoms with Crippen LogP contribution in [0.3, 0.4) is 0 Å². The lowest BCUT2D eigenvalue weighted by Crippen LogP contribution is -2.29. The van der Waals surface area contributed by atoms with Gasteiger partial charge < -0.3 is 23.8 Å². The first-order chi connectivity index (χ1) is 17.0. The second kappa shape index (κ2) is 11.1. The van der Waals surface area contributed by atoms with Crippen molar-refractivity contribution in [2.24, 2.45) is 0 Å². The Bertz CT molecular complexity index is 1190. The van der Waals surface area contributed by atoms with E-state index < -0.39 is 11.9 Å². The van der Waals surface area contributed by atoms with Crippen molar-refractivity contribution in [2.75, 3.05) is 38.7 Å². The first-order valence-corrected chi connectivity index (χ1v) is 12.0. The van der Waals surface area contributed by atoms with Crippen LogP contribution in [0, 0.1) is 0 Å². The predicted molar refractivity (Wildman–Crippen MR) is 126 cm³/mol. The summed E-state index contributed by atoms with van der Waals surface area (Å²) in [6, 6.07) is 11.2. The Morgan fingerprint density at radius 3 is 2.54 bits per heavy atom. The normalized spacial score (nSPS) is 15.7. The summed E-state index contributed by atoms with van der Waals surface area (Å²) in [6.45, 7) is 2.71. The van der Waals surface area contributed by atoms with E-state index in [2.05, 4.69) is 0 Å². The summed E-state index contributed by atoms with van der Waals surface area (Å²) in [5, 5.41) is 0.443. The standard InChI is InChI=1S/C25H23NO8S/c1-2-31-23(28)14-22-26(21(27)15-35-22)9-10-34-25(30)18-6-4-3-5-17(18)24(29)16-7-8-19-20(13-16)33-12-11-32-19/h3-8,13-14H,2,9-12,15H2,1H3/b22-14-. The zero-order chi connectivity index (χ0) is 24.8. The molecule has 0 unspecified atom stereocenters. The van der Waals surface area contributed by atoms with Crippen LogP contribution in [0.25, 0.3) is 0 Å². The van der Waals surface area contributed by atoms with E-state index in [0.29, 0.717) is 35.3 Å². The van der Waals surface area contributed by atoms with Gasteiger partial charge in [-0.2, -0.15) is 0 Å². The zero-order valence-corrected chi connectivity index (χ0v) is 19.8. The number of amides is 1. The molecule has 10 heteroatoms. The molecule has 0 aliphatic carbocycles. The van der Waals surface area contributed by atoms with Gasteiger partial charge in [0.1, 0.15) is 19.8 Å². The Morgan fingerprint density at radius 1 is 1.03 bits per heavy atom. The Labute approximate surface area is 206 Å². The smallest absolute Gasteiger partial charge is 0.338 e. The third kappa shape index (κ3) is 5.65. The molecule has 4 rings (SSSR count). The highest BCUT2D eigenvalue weighted by molar-refractivity contribution is 8.04. The van der Waals surface area contributed by atoms with Gasteiger partial charge in [0.25, 0.3) is 0 Å². The van der Waals surface area contributed by atoms with Crippen molar-refractivity contribution in [3.05, 3.63) is 70.3 Å². The topological polar surface area (TPSA) is 108 Å². The van der Waals surface area contributed by atoms with E-state index in [0.717, 1.165) is 0 Å². The lowest BCUT2D eigenvalue weighted by Gasteiger charge is -2.19. The van der Waals surface area contributed by atoms with Crippen molar-refractivity contribution < 1.29 is 38.1 Å². The van der Waals surface area contributed by atoms with Crippen LogP contribution in [0.5, 0.6) is 11.5 Å². The van der Waals surface area contributed by atoms with Crippen molar-refractivity contribution in [1.29, 1.82) is 0 Å². The van der Waals surface area contributed by atoms with Gasteiger partial charge in [-0.3, -0.25) is 9.59 Å². The molecular formula is C25H23NO8S. The average molecular weight is 498 g/mol. The predicted octanol–water partition coefficient (Wildman–Crippen LogP) is 2.83. The number of carbonyl (C=O) groups excluding carboxylic acids is 4. The number of thioether (sulfide) groups is 1. The molecule has 0 aromatic heterocycles. The lowest BCUT2D eigenvalue weighted by molar-refractivity contribution is -0.137. The first kappa shape index (κ1) is 24.3. The molecule has 0 radical (unpaired) electrons. The van der Waals surface area contributed by atoms with Crippen molar-refractivity contribution in [2.45, 2.75) is 6.92 Å². The fraction of sp³-hybridized carbons (Fsp3) is 0.280. The van der Waals surface area contributed by atoms with Gasteiger partial charge in [-0.15, -0.1) is 0 Å². The zero-order valence-electron chi connectivity index (χ0n) is 19.0. The minimum atomic E-state index is -0.693. The molecule has 1 saturated heterocycles. The fourth-order valence-corrected chi connectivity index (χ4v) is 4.52. The molecule has 2 heterocycles. The van der Waals surface area contributed by atoms with E-state index >= 15 is 0 Å². The summed E-state index contributed by atoms with van der Waals surface area (Å²) in [5.74, 6) is -0.573. The number of benzene rings is 2. The molecule has 9 nitrogen and oxygen atoms in total. The SMILES string of the molecule is CCOC(=O)/C=C1\SCC(=O)N1CCOC(=O)c1ccccc1C(=O)c1ccc2c(c1)OCCO2. The Hall–Kier alpha value is -3.79. The number of nitrogens with zero attached hydrogens (tertiary/aromatic N) is 1. The third-order valence-corrected chi connectivity index (χ3v) is 6.21. The molecule has 2 aliphatic heterocycles. The highest BCUT2D eigenvalue weighted by Crippen LogP contribution is 2.32. The van der Waals surface area contributed by atoms with Gasteiger partial charge in [-0.1, -0.05) is 30.0 Å². The van der Waals surface area contributed by atoms with Crippen LogP contribution in [-0.4, -0.2) is 67.3 Å². The monoisotopic (exact) mass is 497 g/mol. The maximum Gasteiger partial charge on any atom is 0.338 e. The van der Waals surface area contributed by atoms with Crippen LogP contribution in [0.15, 0.2) is 53.6 Å². The summed E-state index contributed by atoms with van der Waals surface area (Å²) in [5.41, 5.74) is 0.643. The lowest BCUT2D eigenvalue weighted by atomic mass is 9.98. The molecule has 2 aromatic carbocycles. The van der Waals surface area contributed by atoms with Gasteiger partial charge >= 0.3 is 11.9 Å². The number of carbonyl (C=O) groups is 4. The van der Waals surface area contributed by atoms with Crippen molar-refractivity contribution >= 4 is 35.4 Å². The quantitative estimate of drug-likeness (QED) is 0.309. The highest BCUT2D eigenvalue weighted by Gasteiger charge is 2.28. The van der Waals surface area contributed by atoms with E-state index in [4.69, 9.17) is 18.9 Å². The third-order valence-electron chi connectivity index (χ3n) is 5.18. The molecule has 0 N–H and O–H groups in total. The molecule has 182 valence electrons. The maximum atomic E-state index is 13.2. The molecule has 2 aliphatic rings. The van der Waals surface area contributed by atoms with E-state index in [-0.39, 0.29) is 48.3 Å². The Kier molecular flexibility index (Phi) is 7.71. The highest BCUT2D eigenvalue weighted by atomic mass is 32.2. The van der Waals surface area contributed by atoms with E-state index in [9.17, 15) is 19.2 Å². The van der Waals surface area contributed by atoms with Crippen molar-refractivity contribution in [3.63, 3.8) is 0 Å². The number of fused-ring (bicyclic) bond motifs is 1. The minimum Gasteiger partial charge on any atom is -0.486 e. The van der Waals surface area contributed by atoms with Gasteiger partial charge in [0, 0.05) is 11.1 Å². The van der Waals surface area contributed by atoms with Crippen molar-refractivity contribution in [3.8, 4) is 11.5 Å². The number of hydrogen-bond donors (Lipinski definition) is 0. The maximum absolute atomic E-state index is 13.2. The fourth-order valence-electron chi connectivity index (χ4n) is 3.56. The number of ether oxygens (including phenoxy) is 4. The molecule has 1 amide bonds. The summed E-state index contributed by atoms with van der Waals surface area (Å²) < 4.78 is 21.3. The molecule has 0 bridgehead atoms. The van der Waals surface area contributed by atoms with E-state index in [1.807, 2.05) is 0 Å². The largest absolute Gasteiger partial charge is 0.486 e. The second-order valence-corrected chi connectivity index (χ2v) is 8.43. The van der Waals surface area contributed by atoms with Gasteiger partial charge in [0.05, 0.1) is 35.6 Å². The second-order valence-electron chi connectivity index (χ2n) is 7.44. The molecule has 1 fully saturated rings. The Balaban J connectivity index is 1.43. The summed E-state index contributed by atoms with van der Waals surface area (Å²) >= 11 is 1.21. The first-order valence-electron chi connectivity index (χ1n) is 11.0. The Morgan fingerprint density at radius 2 is 1.77 bits per heavy atom. The molecule has 0 atom stereocenters. The van der Waals surface area contributed by atoms with Crippen LogP contribution in [-0.2, 0) is 19.1 Å². The number of hydrogen-bond acceptors (Lipinski definition) is 9. The van der Waals surface area contributed by atoms with Gasteiger partial charge in [-0.05, 0) is 31.2 Å². The summed E-state index contributed by atoms with van der Waals surface area (Å²) in [7, 11) is 0. The molecule has 0 spiro atoms.